The second-order valence-corrected chi connectivity index (χ2v) is 4.44. The van der Waals surface area contributed by atoms with Crippen LogP contribution in [0.15, 0.2) is 47.1 Å². The maximum Gasteiger partial charge on any atom is 0.340 e. The number of pyridine rings is 1. The van der Waals surface area contributed by atoms with Crippen molar-refractivity contribution in [2.45, 2.75) is 6.42 Å². The molecule has 2 aromatic rings. The van der Waals surface area contributed by atoms with Gasteiger partial charge in [0.2, 0.25) is 0 Å². The van der Waals surface area contributed by atoms with Gasteiger partial charge < -0.3 is 10.6 Å². The maximum atomic E-state index is 11.4. The topological polar surface area (TPSA) is 77.6 Å². The molecule has 0 spiro atoms. The van der Waals surface area contributed by atoms with Crippen LogP contribution in [0.2, 0.25) is 0 Å². The van der Waals surface area contributed by atoms with Gasteiger partial charge in [-0.25, -0.2) is 4.79 Å². The molecule has 2 aromatic heterocycles. The van der Waals surface area contributed by atoms with Gasteiger partial charge in [-0.1, -0.05) is 17.3 Å². The molecule has 5 nitrogen and oxygen atoms in total. The summed E-state index contributed by atoms with van der Waals surface area (Å²) in [5.74, 6) is -0.369. The molecule has 2 rings (SSSR count). The Hall–Kier alpha value is -2.21. The lowest BCUT2D eigenvalue weighted by Gasteiger charge is -1.99. The van der Waals surface area contributed by atoms with E-state index >= 15 is 0 Å². The molecule has 92 valence electrons. The molecule has 0 fully saturated rings. The van der Waals surface area contributed by atoms with E-state index in [1.54, 1.807) is 24.4 Å². The van der Waals surface area contributed by atoms with Gasteiger partial charge in [-0.05, 0) is 23.6 Å². The largest absolute Gasteiger partial charge is 0.379 e. The third-order valence-corrected chi connectivity index (χ3v) is 2.95. The molecular formula is C12H11N3O2S. The smallest absolute Gasteiger partial charge is 0.340 e. The monoisotopic (exact) mass is 261 g/mol. The Morgan fingerprint density at radius 3 is 2.94 bits per heavy atom. The van der Waals surface area contributed by atoms with Gasteiger partial charge in [0.05, 0.1) is 6.42 Å². The Labute approximate surface area is 108 Å². The lowest BCUT2D eigenvalue weighted by atomic mass is 10.3. The first-order valence-electron chi connectivity index (χ1n) is 5.23. The van der Waals surface area contributed by atoms with Crippen LogP contribution < -0.4 is 5.73 Å². The second kappa shape index (κ2) is 5.92. The summed E-state index contributed by atoms with van der Waals surface area (Å²) in [6.45, 7) is 0. The molecule has 0 saturated carbocycles. The third-order valence-electron chi connectivity index (χ3n) is 2.07. The molecular weight excluding hydrogens is 250 g/mol. The summed E-state index contributed by atoms with van der Waals surface area (Å²) >= 11 is 1.49. The van der Waals surface area contributed by atoms with Crippen LogP contribution in [-0.4, -0.2) is 16.8 Å². The van der Waals surface area contributed by atoms with E-state index in [0.29, 0.717) is 5.69 Å². The number of amidine groups is 1. The van der Waals surface area contributed by atoms with Crippen LogP contribution in [-0.2, 0) is 16.1 Å². The van der Waals surface area contributed by atoms with Gasteiger partial charge in [0.15, 0.2) is 5.84 Å². The fourth-order valence-electron chi connectivity index (χ4n) is 1.25. The van der Waals surface area contributed by atoms with Gasteiger partial charge in [-0.2, -0.15) is 0 Å². The normalized spacial score (nSPS) is 11.2. The van der Waals surface area contributed by atoms with Crippen molar-refractivity contribution in [3.05, 3.63) is 52.5 Å². The third kappa shape index (κ3) is 3.39. The lowest BCUT2D eigenvalue weighted by Crippen LogP contribution is -2.16. The van der Waals surface area contributed by atoms with Gasteiger partial charge in [0.25, 0.3) is 0 Å². The molecule has 6 heteroatoms. The Bertz CT molecular complexity index is 538. The van der Waals surface area contributed by atoms with Crippen molar-refractivity contribution in [2.75, 3.05) is 0 Å². The first-order valence-corrected chi connectivity index (χ1v) is 6.11. The average Bonchev–Trinajstić information content (AvgIpc) is 2.90. The number of thiophene rings is 1. The Kier molecular flexibility index (Phi) is 4.03. The molecule has 0 aromatic carbocycles. The van der Waals surface area contributed by atoms with Crippen LogP contribution in [0, 0.1) is 0 Å². The van der Waals surface area contributed by atoms with Gasteiger partial charge in [-0.3, -0.25) is 4.98 Å². The van der Waals surface area contributed by atoms with Gasteiger partial charge in [0, 0.05) is 11.1 Å². The van der Waals surface area contributed by atoms with Crippen LogP contribution in [0.4, 0.5) is 0 Å². The molecule has 0 aliphatic rings. The zero-order chi connectivity index (χ0) is 12.8. The highest BCUT2D eigenvalue weighted by Crippen LogP contribution is 2.09. The van der Waals surface area contributed by atoms with E-state index in [9.17, 15) is 4.79 Å². The predicted octanol–water partition coefficient (Wildman–Crippen LogP) is 1.55. The second-order valence-electron chi connectivity index (χ2n) is 3.41. The zero-order valence-corrected chi connectivity index (χ0v) is 10.3. The molecule has 0 aliphatic carbocycles. The van der Waals surface area contributed by atoms with Gasteiger partial charge >= 0.3 is 5.97 Å². The molecule has 2 N–H and O–H groups in total. The van der Waals surface area contributed by atoms with Crippen LogP contribution in [0.5, 0.6) is 0 Å². The Balaban J connectivity index is 1.92. The number of nitrogens with zero attached hydrogens (tertiary/aromatic N) is 2. The van der Waals surface area contributed by atoms with Crippen molar-refractivity contribution >= 4 is 23.1 Å². The summed E-state index contributed by atoms with van der Waals surface area (Å²) in [5, 5.41) is 5.46. The number of hydrogen-bond acceptors (Lipinski definition) is 5. The molecule has 0 saturated heterocycles. The number of aromatic nitrogens is 1. The van der Waals surface area contributed by atoms with Crippen LogP contribution in [0.3, 0.4) is 0 Å². The molecule has 0 bridgehead atoms. The highest BCUT2D eigenvalue weighted by Gasteiger charge is 2.06. The van der Waals surface area contributed by atoms with Crippen molar-refractivity contribution in [3.63, 3.8) is 0 Å². The van der Waals surface area contributed by atoms with Crippen molar-refractivity contribution in [1.29, 1.82) is 0 Å². The molecule has 0 unspecified atom stereocenters. The van der Waals surface area contributed by atoms with Gasteiger partial charge in [0.1, 0.15) is 5.69 Å². The molecule has 0 atom stereocenters. The highest BCUT2D eigenvalue weighted by atomic mass is 32.1. The summed E-state index contributed by atoms with van der Waals surface area (Å²) in [6, 6.07) is 8.96. The number of nitrogens with two attached hydrogens (primary N) is 1. The van der Waals surface area contributed by atoms with E-state index in [1.807, 2.05) is 17.5 Å². The number of oxime groups is 1. The van der Waals surface area contributed by atoms with E-state index < -0.39 is 5.97 Å². The fourth-order valence-corrected chi connectivity index (χ4v) is 1.94. The molecule has 0 amide bonds. The van der Waals surface area contributed by atoms with E-state index in [2.05, 4.69) is 10.1 Å². The van der Waals surface area contributed by atoms with Crippen molar-refractivity contribution in [2.24, 2.45) is 10.9 Å². The molecule has 18 heavy (non-hydrogen) atoms. The van der Waals surface area contributed by atoms with Crippen LogP contribution >= 0.6 is 11.3 Å². The quantitative estimate of drug-likeness (QED) is 0.392. The maximum absolute atomic E-state index is 11.4. The summed E-state index contributed by atoms with van der Waals surface area (Å²) in [4.78, 5) is 21.1. The standard InChI is InChI=1S/C12H11N3O2S/c13-12(10-5-1-2-6-14-10)15-17-11(16)8-9-4-3-7-18-9/h1-7H,8H2,(H2,13,15). The number of carbonyl (C=O) groups is 1. The first kappa shape index (κ1) is 12.3. The summed E-state index contributed by atoms with van der Waals surface area (Å²) in [7, 11) is 0. The Morgan fingerprint density at radius 2 is 2.28 bits per heavy atom. The molecule has 0 radical (unpaired) electrons. The number of rotatable bonds is 4. The molecule has 2 heterocycles. The van der Waals surface area contributed by atoms with Crippen LogP contribution in [0.25, 0.3) is 0 Å². The lowest BCUT2D eigenvalue weighted by molar-refractivity contribution is -0.142. The highest BCUT2D eigenvalue weighted by molar-refractivity contribution is 7.10. The first-order chi connectivity index (χ1) is 8.75. The van der Waals surface area contributed by atoms with Gasteiger partial charge in [-0.15, -0.1) is 11.3 Å². The Morgan fingerprint density at radius 1 is 1.39 bits per heavy atom. The average molecular weight is 261 g/mol. The summed E-state index contributed by atoms with van der Waals surface area (Å²) in [6.07, 6.45) is 1.78. The predicted molar refractivity (Wildman–Crippen MR) is 69.1 cm³/mol. The van der Waals surface area contributed by atoms with E-state index in [-0.39, 0.29) is 12.3 Å². The van der Waals surface area contributed by atoms with E-state index in [4.69, 9.17) is 10.6 Å². The zero-order valence-electron chi connectivity index (χ0n) is 9.45. The number of hydrogen-bond donors (Lipinski definition) is 1. The van der Waals surface area contributed by atoms with Crippen molar-refractivity contribution in [1.82, 2.24) is 4.98 Å². The van der Waals surface area contributed by atoms with E-state index in [0.717, 1.165) is 4.88 Å². The minimum atomic E-state index is -0.448. The minimum absolute atomic E-state index is 0.0788. The number of carbonyl (C=O) groups excluding carboxylic acids is 1. The van der Waals surface area contributed by atoms with Crippen molar-refractivity contribution < 1.29 is 9.63 Å². The van der Waals surface area contributed by atoms with Crippen LogP contribution in [0.1, 0.15) is 10.6 Å². The van der Waals surface area contributed by atoms with Crippen molar-refractivity contribution in [3.8, 4) is 0 Å². The summed E-state index contributed by atoms with van der Waals surface area (Å²) < 4.78 is 0. The summed E-state index contributed by atoms with van der Waals surface area (Å²) in [5.41, 5.74) is 6.10. The minimum Gasteiger partial charge on any atom is -0.379 e. The molecule has 0 aliphatic heterocycles. The SMILES string of the molecule is NC(=NOC(=O)Cc1cccs1)c1ccccn1. The van der Waals surface area contributed by atoms with E-state index in [1.165, 1.54) is 11.3 Å². The fraction of sp³-hybridized carbons (Fsp3) is 0.0833.